The third-order valence-corrected chi connectivity index (χ3v) is 4.64. The van der Waals surface area contributed by atoms with Crippen LogP contribution in [0.5, 0.6) is 5.75 Å². The molecule has 0 unspecified atom stereocenters. The van der Waals surface area contributed by atoms with E-state index in [2.05, 4.69) is 0 Å². The lowest BCUT2D eigenvalue weighted by atomic mass is 10.1. The normalized spacial score (nSPS) is 16.8. The van der Waals surface area contributed by atoms with Crippen molar-refractivity contribution in [1.29, 1.82) is 0 Å². The number of amides is 2. The minimum Gasteiger partial charge on any atom is -0.482 e. The van der Waals surface area contributed by atoms with Gasteiger partial charge in [-0.05, 0) is 49.6 Å². The Labute approximate surface area is 146 Å². The number of rotatable bonds is 3. The molecule has 0 atom stereocenters. The van der Waals surface area contributed by atoms with E-state index in [1.807, 2.05) is 25.1 Å². The van der Waals surface area contributed by atoms with Crippen LogP contribution in [-0.4, -0.2) is 36.4 Å². The number of hydrogen-bond donors (Lipinski definition) is 0. The van der Waals surface area contributed by atoms with Crippen LogP contribution >= 0.6 is 0 Å². The molecule has 0 N–H and O–H groups in total. The van der Waals surface area contributed by atoms with Crippen molar-refractivity contribution >= 4 is 17.5 Å². The molecule has 6 heteroatoms. The molecule has 0 spiro atoms. The van der Waals surface area contributed by atoms with Crippen LogP contribution in [0.25, 0.3) is 0 Å². The monoisotopic (exact) mass is 340 g/mol. The fraction of sp³-hybridized carbons (Fsp3) is 0.368. The van der Waals surface area contributed by atoms with Gasteiger partial charge in [0.05, 0.1) is 12.2 Å². The van der Waals surface area contributed by atoms with Crippen LogP contribution in [-0.2, 0) is 11.3 Å². The van der Waals surface area contributed by atoms with Gasteiger partial charge in [0.2, 0.25) is 0 Å². The minimum atomic E-state index is -0.123. The summed E-state index contributed by atoms with van der Waals surface area (Å²) in [5.74, 6) is 1.41. The highest BCUT2D eigenvalue weighted by Gasteiger charge is 2.27. The first-order valence-corrected chi connectivity index (χ1v) is 8.53. The maximum Gasteiger partial charge on any atom is 0.289 e. The third-order valence-electron chi connectivity index (χ3n) is 4.64. The molecule has 2 aromatic rings. The lowest BCUT2D eigenvalue weighted by Crippen LogP contribution is -2.38. The second-order valence-electron chi connectivity index (χ2n) is 6.51. The van der Waals surface area contributed by atoms with Crippen molar-refractivity contribution in [3.8, 4) is 5.75 Å². The van der Waals surface area contributed by atoms with Gasteiger partial charge in [-0.3, -0.25) is 14.5 Å². The second-order valence-corrected chi connectivity index (χ2v) is 6.51. The second kappa shape index (κ2) is 6.27. The van der Waals surface area contributed by atoms with Gasteiger partial charge in [-0.2, -0.15) is 0 Å². The summed E-state index contributed by atoms with van der Waals surface area (Å²) in [4.78, 5) is 28.2. The van der Waals surface area contributed by atoms with E-state index in [4.69, 9.17) is 9.15 Å². The van der Waals surface area contributed by atoms with E-state index < -0.39 is 0 Å². The molecule has 2 aliphatic rings. The van der Waals surface area contributed by atoms with Crippen LogP contribution < -0.4 is 9.64 Å². The number of carbonyl (C=O) groups is 2. The molecule has 1 fully saturated rings. The maximum atomic E-state index is 12.4. The van der Waals surface area contributed by atoms with Gasteiger partial charge < -0.3 is 14.1 Å². The van der Waals surface area contributed by atoms with E-state index in [1.165, 1.54) is 0 Å². The molecule has 1 aromatic carbocycles. The highest BCUT2D eigenvalue weighted by Crippen LogP contribution is 2.34. The fourth-order valence-corrected chi connectivity index (χ4v) is 3.30. The maximum absolute atomic E-state index is 12.4. The zero-order valence-corrected chi connectivity index (χ0v) is 14.2. The summed E-state index contributed by atoms with van der Waals surface area (Å²) in [6, 6.07) is 9.20. The number of ether oxygens (including phenoxy) is 1. The summed E-state index contributed by atoms with van der Waals surface area (Å²) in [7, 11) is 0. The van der Waals surface area contributed by atoms with Gasteiger partial charge in [-0.1, -0.05) is 6.07 Å². The first-order chi connectivity index (χ1) is 12.1. The van der Waals surface area contributed by atoms with Crippen LogP contribution in [0.15, 0.2) is 34.7 Å². The number of hydrogen-bond acceptors (Lipinski definition) is 4. The van der Waals surface area contributed by atoms with Gasteiger partial charge >= 0.3 is 0 Å². The smallest absolute Gasteiger partial charge is 0.289 e. The number of likely N-dealkylation sites (tertiary alicyclic amines) is 1. The van der Waals surface area contributed by atoms with Gasteiger partial charge in [0.1, 0.15) is 11.5 Å². The molecular weight excluding hydrogens is 320 g/mol. The van der Waals surface area contributed by atoms with Crippen molar-refractivity contribution in [3.05, 3.63) is 47.4 Å². The van der Waals surface area contributed by atoms with E-state index in [-0.39, 0.29) is 25.0 Å². The Kier molecular flexibility index (Phi) is 3.95. The van der Waals surface area contributed by atoms with Gasteiger partial charge in [-0.25, -0.2) is 0 Å². The molecule has 0 bridgehead atoms. The summed E-state index contributed by atoms with van der Waals surface area (Å²) in [5, 5.41) is 0. The van der Waals surface area contributed by atoms with Crippen LogP contribution in [0.1, 0.15) is 34.7 Å². The van der Waals surface area contributed by atoms with Crippen molar-refractivity contribution in [3.63, 3.8) is 0 Å². The van der Waals surface area contributed by atoms with E-state index in [0.717, 1.165) is 37.2 Å². The molecule has 25 heavy (non-hydrogen) atoms. The lowest BCUT2D eigenvalue weighted by molar-refractivity contribution is -0.121. The van der Waals surface area contributed by atoms with Crippen molar-refractivity contribution in [2.45, 2.75) is 26.3 Å². The number of anilines is 1. The molecular formula is C19H20N2O4. The molecule has 2 amide bonds. The van der Waals surface area contributed by atoms with Gasteiger partial charge in [0, 0.05) is 13.1 Å². The average Bonchev–Trinajstić information content (AvgIpc) is 3.29. The van der Waals surface area contributed by atoms with Crippen molar-refractivity contribution in [1.82, 2.24) is 4.90 Å². The molecule has 6 nitrogen and oxygen atoms in total. The number of aryl methyl sites for hydroxylation is 1. The highest BCUT2D eigenvalue weighted by atomic mass is 16.5. The standard InChI is InChI=1S/C19H20N2O4/c1-13-4-6-16-15(10-13)21(18(22)12-24-16)11-14-5-7-17(25-14)19(23)20-8-2-3-9-20/h4-7,10H,2-3,8-9,11-12H2,1H3. The predicted molar refractivity (Wildman–Crippen MR) is 91.7 cm³/mol. The Morgan fingerprint density at radius 3 is 2.76 bits per heavy atom. The molecule has 1 saturated heterocycles. The number of furan rings is 1. The van der Waals surface area contributed by atoms with Crippen molar-refractivity contribution in [2.24, 2.45) is 0 Å². The zero-order valence-electron chi connectivity index (χ0n) is 14.2. The van der Waals surface area contributed by atoms with Gasteiger partial charge in [-0.15, -0.1) is 0 Å². The predicted octanol–water partition coefficient (Wildman–Crippen LogP) is 2.75. The van der Waals surface area contributed by atoms with E-state index in [0.29, 0.717) is 17.3 Å². The quantitative estimate of drug-likeness (QED) is 0.862. The topological polar surface area (TPSA) is 63.0 Å². The summed E-state index contributed by atoms with van der Waals surface area (Å²) in [6.07, 6.45) is 2.08. The Hall–Kier alpha value is -2.76. The SMILES string of the molecule is Cc1ccc2c(c1)N(Cc1ccc(C(=O)N3CCCC3)o1)C(=O)CO2. The largest absolute Gasteiger partial charge is 0.482 e. The molecule has 1 aromatic heterocycles. The Balaban J connectivity index is 1.55. The summed E-state index contributed by atoms with van der Waals surface area (Å²) in [5.41, 5.74) is 1.78. The molecule has 130 valence electrons. The first kappa shape index (κ1) is 15.7. The number of nitrogens with zero attached hydrogens (tertiary/aromatic N) is 2. The Morgan fingerprint density at radius 2 is 1.96 bits per heavy atom. The highest BCUT2D eigenvalue weighted by molar-refractivity contribution is 5.97. The lowest BCUT2D eigenvalue weighted by Gasteiger charge is -2.29. The van der Waals surface area contributed by atoms with Crippen LogP contribution in [0, 0.1) is 6.92 Å². The molecule has 0 radical (unpaired) electrons. The summed E-state index contributed by atoms with van der Waals surface area (Å²) >= 11 is 0. The molecule has 0 aliphatic carbocycles. The summed E-state index contributed by atoms with van der Waals surface area (Å²) < 4.78 is 11.2. The number of fused-ring (bicyclic) bond motifs is 1. The van der Waals surface area contributed by atoms with Crippen LogP contribution in [0.4, 0.5) is 5.69 Å². The van der Waals surface area contributed by atoms with Crippen LogP contribution in [0.2, 0.25) is 0 Å². The van der Waals surface area contributed by atoms with E-state index in [9.17, 15) is 9.59 Å². The Bertz CT molecular complexity index is 821. The first-order valence-electron chi connectivity index (χ1n) is 8.53. The van der Waals surface area contributed by atoms with Gasteiger partial charge in [0.15, 0.2) is 12.4 Å². The minimum absolute atomic E-state index is 0.0103. The molecule has 3 heterocycles. The molecule has 0 saturated carbocycles. The third kappa shape index (κ3) is 2.99. The fourth-order valence-electron chi connectivity index (χ4n) is 3.30. The van der Waals surface area contributed by atoms with E-state index in [1.54, 1.807) is 21.9 Å². The number of benzene rings is 1. The van der Waals surface area contributed by atoms with Crippen LogP contribution in [0.3, 0.4) is 0 Å². The van der Waals surface area contributed by atoms with E-state index >= 15 is 0 Å². The van der Waals surface area contributed by atoms with Crippen molar-refractivity contribution < 1.29 is 18.7 Å². The van der Waals surface area contributed by atoms with Crippen molar-refractivity contribution in [2.75, 3.05) is 24.6 Å². The van der Waals surface area contributed by atoms with Gasteiger partial charge in [0.25, 0.3) is 11.8 Å². The summed E-state index contributed by atoms with van der Waals surface area (Å²) in [6.45, 7) is 3.83. The zero-order chi connectivity index (χ0) is 17.4. The number of carbonyl (C=O) groups excluding carboxylic acids is 2. The average molecular weight is 340 g/mol. The molecule has 2 aliphatic heterocycles. The molecule has 4 rings (SSSR count). The Morgan fingerprint density at radius 1 is 1.16 bits per heavy atom.